The molecule has 3 heteroatoms. The Morgan fingerprint density at radius 2 is 2.45 bits per heavy atom. The standard InChI is InChI=1S/C8H17NO2/c1-7(10)5-9-3-4-11-8(2)6-9/h7-8,10H,3-6H2,1-2H3/t7?,8-/m1/s1. The summed E-state index contributed by atoms with van der Waals surface area (Å²) < 4.78 is 5.37. The summed E-state index contributed by atoms with van der Waals surface area (Å²) >= 11 is 0. The highest BCUT2D eigenvalue weighted by Gasteiger charge is 2.17. The van der Waals surface area contributed by atoms with E-state index in [1.165, 1.54) is 0 Å². The molecule has 1 fully saturated rings. The summed E-state index contributed by atoms with van der Waals surface area (Å²) in [5.74, 6) is 0. The normalized spacial score (nSPS) is 30.3. The predicted molar refractivity (Wildman–Crippen MR) is 43.5 cm³/mol. The van der Waals surface area contributed by atoms with Crippen LogP contribution in [0.25, 0.3) is 0 Å². The molecule has 0 aromatic rings. The van der Waals surface area contributed by atoms with Crippen LogP contribution in [0.5, 0.6) is 0 Å². The number of hydrogen-bond donors (Lipinski definition) is 1. The number of nitrogens with zero attached hydrogens (tertiary/aromatic N) is 1. The molecule has 0 amide bonds. The molecule has 1 unspecified atom stereocenters. The van der Waals surface area contributed by atoms with Crippen molar-refractivity contribution in [1.29, 1.82) is 0 Å². The van der Waals surface area contributed by atoms with E-state index in [1.807, 2.05) is 6.92 Å². The minimum Gasteiger partial charge on any atom is -0.392 e. The monoisotopic (exact) mass is 159 g/mol. The van der Waals surface area contributed by atoms with Crippen LogP contribution in [0.3, 0.4) is 0 Å². The van der Waals surface area contributed by atoms with Crippen LogP contribution >= 0.6 is 0 Å². The Bertz CT molecular complexity index is 115. The topological polar surface area (TPSA) is 32.7 Å². The van der Waals surface area contributed by atoms with Crippen LogP contribution in [-0.2, 0) is 4.74 Å². The molecule has 1 aliphatic rings. The molecule has 3 nitrogen and oxygen atoms in total. The fourth-order valence-electron chi connectivity index (χ4n) is 1.43. The van der Waals surface area contributed by atoms with Gasteiger partial charge < -0.3 is 9.84 Å². The average Bonchev–Trinajstić information content (AvgIpc) is 1.85. The molecule has 0 saturated carbocycles. The number of hydrogen-bond acceptors (Lipinski definition) is 3. The highest BCUT2D eigenvalue weighted by molar-refractivity contribution is 4.69. The molecule has 1 heterocycles. The van der Waals surface area contributed by atoms with Crippen LogP contribution in [0.1, 0.15) is 13.8 Å². The molecular formula is C8H17NO2. The Balaban J connectivity index is 2.23. The van der Waals surface area contributed by atoms with E-state index in [9.17, 15) is 0 Å². The Morgan fingerprint density at radius 1 is 1.73 bits per heavy atom. The van der Waals surface area contributed by atoms with Gasteiger partial charge in [0.05, 0.1) is 18.8 Å². The molecule has 0 radical (unpaired) electrons. The van der Waals surface area contributed by atoms with E-state index in [0.717, 1.165) is 26.2 Å². The number of aliphatic hydroxyl groups is 1. The van der Waals surface area contributed by atoms with Crippen molar-refractivity contribution < 1.29 is 9.84 Å². The lowest BCUT2D eigenvalue weighted by Crippen LogP contribution is -2.43. The van der Waals surface area contributed by atoms with Crippen molar-refractivity contribution in [2.45, 2.75) is 26.1 Å². The average molecular weight is 159 g/mol. The number of morpholine rings is 1. The second-order valence-electron chi connectivity index (χ2n) is 3.29. The zero-order chi connectivity index (χ0) is 8.27. The third kappa shape index (κ3) is 3.18. The number of β-amino-alcohol motifs (C(OH)–C–C–N with tert-alkyl or cyclic N) is 1. The Kier molecular flexibility index (Phi) is 3.30. The van der Waals surface area contributed by atoms with E-state index in [2.05, 4.69) is 11.8 Å². The van der Waals surface area contributed by atoms with Crippen molar-refractivity contribution in [2.75, 3.05) is 26.2 Å². The van der Waals surface area contributed by atoms with Crippen LogP contribution in [-0.4, -0.2) is 48.5 Å². The number of ether oxygens (including phenoxy) is 1. The van der Waals surface area contributed by atoms with Gasteiger partial charge in [0.25, 0.3) is 0 Å². The Hall–Kier alpha value is -0.120. The molecule has 11 heavy (non-hydrogen) atoms. The first-order valence-electron chi connectivity index (χ1n) is 4.20. The minimum absolute atomic E-state index is 0.222. The predicted octanol–water partition coefficient (Wildman–Crippen LogP) is 0.0879. The summed E-state index contributed by atoms with van der Waals surface area (Å²) in [4.78, 5) is 2.23. The maximum atomic E-state index is 9.11. The van der Waals surface area contributed by atoms with E-state index >= 15 is 0 Å². The van der Waals surface area contributed by atoms with Gasteiger partial charge in [0.1, 0.15) is 0 Å². The summed E-state index contributed by atoms with van der Waals surface area (Å²) in [5, 5.41) is 9.11. The lowest BCUT2D eigenvalue weighted by molar-refractivity contribution is -0.0296. The van der Waals surface area contributed by atoms with Crippen molar-refractivity contribution in [2.24, 2.45) is 0 Å². The van der Waals surface area contributed by atoms with Crippen LogP contribution < -0.4 is 0 Å². The largest absolute Gasteiger partial charge is 0.392 e. The smallest absolute Gasteiger partial charge is 0.0674 e. The van der Waals surface area contributed by atoms with Gasteiger partial charge in [0, 0.05) is 19.6 Å². The fraction of sp³-hybridized carbons (Fsp3) is 1.00. The molecular weight excluding hydrogens is 142 g/mol. The molecule has 0 aromatic carbocycles. The van der Waals surface area contributed by atoms with E-state index < -0.39 is 0 Å². The molecule has 1 rings (SSSR count). The highest BCUT2D eigenvalue weighted by atomic mass is 16.5. The fourth-order valence-corrected chi connectivity index (χ4v) is 1.43. The first-order valence-corrected chi connectivity index (χ1v) is 4.20. The van der Waals surface area contributed by atoms with E-state index in [1.54, 1.807) is 0 Å². The molecule has 1 saturated heterocycles. The molecule has 1 N–H and O–H groups in total. The first-order chi connectivity index (χ1) is 5.18. The van der Waals surface area contributed by atoms with E-state index in [0.29, 0.717) is 6.10 Å². The second kappa shape index (κ2) is 4.04. The SMILES string of the molecule is CC(O)CN1CCO[C@H](C)C1. The van der Waals surface area contributed by atoms with Gasteiger partial charge in [-0.15, -0.1) is 0 Å². The van der Waals surface area contributed by atoms with Crippen molar-refractivity contribution in [1.82, 2.24) is 4.90 Å². The maximum Gasteiger partial charge on any atom is 0.0674 e. The highest BCUT2D eigenvalue weighted by Crippen LogP contribution is 2.04. The van der Waals surface area contributed by atoms with Crippen molar-refractivity contribution in [3.63, 3.8) is 0 Å². The lowest BCUT2D eigenvalue weighted by atomic mass is 10.2. The minimum atomic E-state index is -0.222. The summed E-state index contributed by atoms with van der Waals surface area (Å²) in [7, 11) is 0. The number of aliphatic hydroxyl groups excluding tert-OH is 1. The molecule has 66 valence electrons. The quantitative estimate of drug-likeness (QED) is 0.619. The molecule has 0 bridgehead atoms. The van der Waals surface area contributed by atoms with Crippen molar-refractivity contribution >= 4 is 0 Å². The van der Waals surface area contributed by atoms with Crippen LogP contribution in [0, 0.1) is 0 Å². The third-order valence-electron chi connectivity index (χ3n) is 1.85. The van der Waals surface area contributed by atoms with Gasteiger partial charge in [-0.25, -0.2) is 0 Å². The second-order valence-corrected chi connectivity index (χ2v) is 3.29. The van der Waals surface area contributed by atoms with Gasteiger partial charge in [-0.3, -0.25) is 4.90 Å². The van der Waals surface area contributed by atoms with Gasteiger partial charge in [0.2, 0.25) is 0 Å². The van der Waals surface area contributed by atoms with Crippen LogP contribution in [0.15, 0.2) is 0 Å². The maximum absolute atomic E-state index is 9.11. The summed E-state index contributed by atoms with van der Waals surface area (Å²) in [5.41, 5.74) is 0. The zero-order valence-electron chi connectivity index (χ0n) is 7.29. The van der Waals surface area contributed by atoms with Crippen LogP contribution in [0.4, 0.5) is 0 Å². The van der Waals surface area contributed by atoms with Gasteiger partial charge in [-0.2, -0.15) is 0 Å². The van der Waals surface area contributed by atoms with Crippen LogP contribution in [0.2, 0.25) is 0 Å². The first kappa shape index (κ1) is 8.97. The van der Waals surface area contributed by atoms with Gasteiger partial charge in [0.15, 0.2) is 0 Å². The Labute approximate surface area is 68.0 Å². The zero-order valence-corrected chi connectivity index (χ0v) is 7.29. The van der Waals surface area contributed by atoms with E-state index in [4.69, 9.17) is 9.84 Å². The van der Waals surface area contributed by atoms with Gasteiger partial charge in [-0.1, -0.05) is 0 Å². The van der Waals surface area contributed by atoms with Gasteiger partial charge in [-0.05, 0) is 13.8 Å². The summed E-state index contributed by atoms with van der Waals surface area (Å²) in [6.45, 7) is 7.36. The molecule has 2 atom stereocenters. The van der Waals surface area contributed by atoms with Gasteiger partial charge >= 0.3 is 0 Å². The summed E-state index contributed by atoms with van der Waals surface area (Å²) in [6, 6.07) is 0. The number of rotatable bonds is 2. The Morgan fingerprint density at radius 3 is 3.00 bits per heavy atom. The molecule has 0 spiro atoms. The van der Waals surface area contributed by atoms with Crippen molar-refractivity contribution in [3.05, 3.63) is 0 Å². The molecule has 1 aliphatic heterocycles. The lowest BCUT2D eigenvalue weighted by Gasteiger charge is -2.31. The van der Waals surface area contributed by atoms with E-state index in [-0.39, 0.29) is 6.10 Å². The summed E-state index contributed by atoms with van der Waals surface area (Å²) in [6.07, 6.45) is 0.0998. The van der Waals surface area contributed by atoms with Crippen molar-refractivity contribution in [3.8, 4) is 0 Å². The molecule has 0 aromatic heterocycles. The third-order valence-corrected chi connectivity index (χ3v) is 1.85. The molecule has 0 aliphatic carbocycles.